The van der Waals surface area contributed by atoms with Crippen LogP contribution in [-0.4, -0.2) is 29.3 Å². The predicted octanol–water partition coefficient (Wildman–Crippen LogP) is 1.59. The monoisotopic (exact) mass is 225 g/mol. The highest BCUT2D eigenvalue weighted by Crippen LogP contribution is 2.03. The zero-order valence-corrected chi connectivity index (χ0v) is 10.4. The Bertz CT molecular complexity index is 286. The number of hydrogen-bond donors (Lipinski definition) is 1. The molecule has 0 aromatic carbocycles. The zero-order chi connectivity index (χ0) is 11.8. The summed E-state index contributed by atoms with van der Waals surface area (Å²) in [5.74, 6) is 0. The van der Waals surface area contributed by atoms with Crippen LogP contribution in [0.2, 0.25) is 0 Å². The predicted molar refractivity (Wildman–Crippen MR) is 65.3 cm³/mol. The fourth-order valence-electron chi connectivity index (χ4n) is 1.59. The second-order valence-electron chi connectivity index (χ2n) is 4.18. The van der Waals surface area contributed by atoms with Gasteiger partial charge in [-0.25, -0.2) is 4.98 Å². The molecule has 0 aliphatic carbocycles. The average molecular weight is 225 g/mol. The lowest BCUT2D eigenvalue weighted by Gasteiger charge is -2.05. The van der Waals surface area contributed by atoms with E-state index in [2.05, 4.69) is 22.7 Å². The van der Waals surface area contributed by atoms with Gasteiger partial charge in [0.25, 0.3) is 0 Å². The van der Waals surface area contributed by atoms with E-state index in [1.165, 1.54) is 0 Å². The number of aromatic nitrogens is 2. The number of hydrogen-bond acceptors (Lipinski definition) is 3. The molecule has 4 heteroatoms. The Labute approximate surface area is 97.8 Å². The Morgan fingerprint density at radius 2 is 2.31 bits per heavy atom. The zero-order valence-electron chi connectivity index (χ0n) is 10.4. The van der Waals surface area contributed by atoms with Crippen molar-refractivity contribution >= 4 is 0 Å². The molecule has 92 valence electrons. The van der Waals surface area contributed by atoms with E-state index in [0.29, 0.717) is 0 Å². The van der Waals surface area contributed by atoms with Crippen LogP contribution in [0.4, 0.5) is 0 Å². The van der Waals surface area contributed by atoms with Gasteiger partial charge in [0.1, 0.15) is 0 Å². The molecular weight excluding hydrogens is 202 g/mol. The van der Waals surface area contributed by atoms with E-state index in [1.54, 1.807) is 7.11 Å². The molecule has 1 heterocycles. The van der Waals surface area contributed by atoms with Crippen LogP contribution in [-0.2, 0) is 17.7 Å². The second-order valence-corrected chi connectivity index (χ2v) is 4.18. The van der Waals surface area contributed by atoms with Crippen LogP contribution in [0.25, 0.3) is 0 Å². The number of methoxy groups -OCH3 is 1. The highest BCUT2D eigenvalue weighted by Gasteiger charge is 2.04. The van der Waals surface area contributed by atoms with Crippen molar-refractivity contribution in [3.8, 4) is 0 Å². The van der Waals surface area contributed by atoms with E-state index in [4.69, 9.17) is 10.5 Å². The van der Waals surface area contributed by atoms with Crippen LogP contribution in [0.1, 0.15) is 31.9 Å². The van der Waals surface area contributed by atoms with Gasteiger partial charge in [-0.1, -0.05) is 6.92 Å². The number of rotatable bonds is 8. The summed E-state index contributed by atoms with van der Waals surface area (Å²) in [6, 6.07) is 0.233. The summed E-state index contributed by atoms with van der Waals surface area (Å²) in [6.07, 6.45) is 8.09. The molecule has 16 heavy (non-hydrogen) atoms. The van der Waals surface area contributed by atoms with Crippen molar-refractivity contribution in [2.45, 2.75) is 45.2 Å². The summed E-state index contributed by atoms with van der Waals surface area (Å²) in [4.78, 5) is 4.35. The molecule has 0 radical (unpaired) electrons. The summed E-state index contributed by atoms with van der Waals surface area (Å²) >= 11 is 0. The van der Waals surface area contributed by atoms with Gasteiger partial charge in [-0.2, -0.15) is 0 Å². The van der Waals surface area contributed by atoms with Gasteiger partial charge in [0, 0.05) is 38.9 Å². The minimum Gasteiger partial charge on any atom is -0.385 e. The molecular formula is C12H23N3O. The van der Waals surface area contributed by atoms with Crippen molar-refractivity contribution in [1.82, 2.24) is 9.55 Å². The number of unbranched alkanes of at least 4 members (excludes halogenated alkanes) is 1. The maximum atomic E-state index is 5.89. The second kappa shape index (κ2) is 7.41. The molecule has 1 aromatic rings. The van der Waals surface area contributed by atoms with E-state index in [-0.39, 0.29) is 6.04 Å². The third kappa shape index (κ3) is 4.77. The number of nitrogens with two attached hydrogens (primary N) is 1. The average Bonchev–Trinajstić information content (AvgIpc) is 2.72. The van der Waals surface area contributed by atoms with E-state index in [0.717, 1.165) is 44.5 Å². The van der Waals surface area contributed by atoms with Crippen LogP contribution in [0, 0.1) is 0 Å². The lowest BCUT2D eigenvalue weighted by molar-refractivity contribution is 0.191. The van der Waals surface area contributed by atoms with E-state index in [9.17, 15) is 0 Å². The van der Waals surface area contributed by atoms with E-state index in [1.807, 2.05) is 6.33 Å². The molecule has 1 atom stereocenters. The van der Waals surface area contributed by atoms with Gasteiger partial charge in [-0.05, 0) is 19.3 Å². The Kier molecular flexibility index (Phi) is 6.11. The molecule has 0 amide bonds. The highest BCUT2D eigenvalue weighted by atomic mass is 16.5. The maximum Gasteiger partial charge on any atom is 0.0949 e. The molecule has 1 aromatic heterocycles. The molecule has 0 fully saturated rings. The summed E-state index contributed by atoms with van der Waals surface area (Å²) in [5.41, 5.74) is 6.99. The molecule has 0 saturated heterocycles. The van der Waals surface area contributed by atoms with Crippen molar-refractivity contribution in [2.75, 3.05) is 13.7 Å². The van der Waals surface area contributed by atoms with Crippen molar-refractivity contribution in [3.05, 3.63) is 18.2 Å². The Morgan fingerprint density at radius 1 is 1.50 bits per heavy atom. The molecule has 2 N–H and O–H groups in total. The minimum atomic E-state index is 0.233. The largest absolute Gasteiger partial charge is 0.385 e. The molecule has 0 aliphatic heterocycles. The molecule has 4 nitrogen and oxygen atoms in total. The van der Waals surface area contributed by atoms with Gasteiger partial charge in [-0.15, -0.1) is 0 Å². The lowest BCUT2D eigenvalue weighted by Crippen LogP contribution is -2.21. The first kappa shape index (κ1) is 13.2. The standard InChI is InChI=1S/C12H23N3O/c1-3-11(13)8-12-9-15(10-14-12)6-4-5-7-16-2/h9-11H,3-8,13H2,1-2H3. The molecule has 0 spiro atoms. The highest BCUT2D eigenvalue weighted by molar-refractivity contribution is 4.99. The van der Waals surface area contributed by atoms with Gasteiger partial charge < -0.3 is 15.0 Å². The molecule has 0 bridgehead atoms. The Morgan fingerprint density at radius 3 is 3.00 bits per heavy atom. The van der Waals surface area contributed by atoms with Crippen molar-refractivity contribution in [2.24, 2.45) is 5.73 Å². The first-order chi connectivity index (χ1) is 7.76. The smallest absolute Gasteiger partial charge is 0.0949 e. The summed E-state index contributed by atoms with van der Waals surface area (Å²) in [7, 11) is 1.74. The molecule has 1 rings (SSSR count). The summed E-state index contributed by atoms with van der Waals surface area (Å²) < 4.78 is 7.14. The maximum absolute atomic E-state index is 5.89. The Hall–Kier alpha value is -0.870. The number of imidazole rings is 1. The fraction of sp³-hybridized carbons (Fsp3) is 0.750. The van der Waals surface area contributed by atoms with E-state index >= 15 is 0 Å². The normalized spacial score (nSPS) is 12.9. The van der Waals surface area contributed by atoms with Gasteiger partial charge >= 0.3 is 0 Å². The fourth-order valence-corrected chi connectivity index (χ4v) is 1.59. The van der Waals surface area contributed by atoms with Gasteiger partial charge in [0.05, 0.1) is 12.0 Å². The van der Waals surface area contributed by atoms with Crippen molar-refractivity contribution in [1.29, 1.82) is 0 Å². The summed E-state index contributed by atoms with van der Waals surface area (Å²) in [6.45, 7) is 3.95. The van der Waals surface area contributed by atoms with Crippen LogP contribution in [0.3, 0.4) is 0 Å². The first-order valence-corrected chi connectivity index (χ1v) is 6.01. The van der Waals surface area contributed by atoms with Gasteiger partial charge in [-0.3, -0.25) is 0 Å². The topological polar surface area (TPSA) is 53.1 Å². The molecule has 1 unspecified atom stereocenters. The van der Waals surface area contributed by atoms with E-state index < -0.39 is 0 Å². The third-order valence-electron chi connectivity index (χ3n) is 2.70. The molecule has 0 saturated carbocycles. The molecule has 0 aliphatic rings. The number of ether oxygens (including phenoxy) is 1. The Balaban J connectivity index is 2.28. The van der Waals surface area contributed by atoms with Crippen LogP contribution in [0.5, 0.6) is 0 Å². The number of nitrogens with zero attached hydrogens (tertiary/aromatic N) is 2. The quantitative estimate of drug-likeness (QED) is 0.684. The van der Waals surface area contributed by atoms with Crippen LogP contribution >= 0.6 is 0 Å². The van der Waals surface area contributed by atoms with Crippen LogP contribution in [0.15, 0.2) is 12.5 Å². The third-order valence-corrected chi connectivity index (χ3v) is 2.70. The van der Waals surface area contributed by atoms with Crippen LogP contribution < -0.4 is 5.73 Å². The van der Waals surface area contributed by atoms with Gasteiger partial charge in [0.15, 0.2) is 0 Å². The minimum absolute atomic E-state index is 0.233. The first-order valence-electron chi connectivity index (χ1n) is 6.01. The summed E-state index contributed by atoms with van der Waals surface area (Å²) in [5, 5.41) is 0. The van der Waals surface area contributed by atoms with Crippen molar-refractivity contribution < 1.29 is 4.74 Å². The van der Waals surface area contributed by atoms with Crippen molar-refractivity contribution in [3.63, 3.8) is 0 Å². The SMILES string of the molecule is CCC(N)Cc1cn(CCCCOC)cn1. The lowest BCUT2D eigenvalue weighted by atomic mass is 10.1. The number of aryl methyl sites for hydroxylation is 1. The van der Waals surface area contributed by atoms with Gasteiger partial charge in [0.2, 0.25) is 0 Å².